The van der Waals surface area contributed by atoms with Crippen LogP contribution in [0.3, 0.4) is 0 Å². The van der Waals surface area contributed by atoms with Gasteiger partial charge >= 0.3 is 5.97 Å². The molecule has 0 aliphatic carbocycles. The van der Waals surface area contributed by atoms with Crippen molar-refractivity contribution in [1.82, 2.24) is 5.32 Å². The monoisotopic (exact) mass is 278 g/mol. The largest absolute Gasteiger partial charge is 0.456 e. The fraction of sp³-hybridized carbons (Fsp3) is 0.357. The van der Waals surface area contributed by atoms with Crippen molar-refractivity contribution in [3.8, 4) is 0 Å². The van der Waals surface area contributed by atoms with E-state index >= 15 is 0 Å². The van der Waals surface area contributed by atoms with Crippen LogP contribution < -0.4 is 11.1 Å². The molecule has 0 saturated heterocycles. The first-order chi connectivity index (χ1) is 9.38. The number of amides is 2. The SMILES string of the molecule is CC(=O)OCC(=O)N[C@H](Cc1ccc(C)cc1)C(N)=O. The lowest BCUT2D eigenvalue weighted by Gasteiger charge is -2.15. The van der Waals surface area contributed by atoms with Crippen LogP contribution in [0.4, 0.5) is 0 Å². The quantitative estimate of drug-likeness (QED) is 0.719. The topological polar surface area (TPSA) is 98.5 Å². The Morgan fingerprint density at radius 3 is 2.35 bits per heavy atom. The summed E-state index contributed by atoms with van der Waals surface area (Å²) in [5.74, 6) is -1.76. The summed E-state index contributed by atoms with van der Waals surface area (Å²) in [5.41, 5.74) is 7.24. The van der Waals surface area contributed by atoms with Gasteiger partial charge in [0.05, 0.1) is 0 Å². The van der Waals surface area contributed by atoms with E-state index in [4.69, 9.17) is 5.73 Å². The molecule has 6 nitrogen and oxygen atoms in total. The Morgan fingerprint density at radius 1 is 1.25 bits per heavy atom. The van der Waals surface area contributed by atoms with Crippen LogP contribution in [0.25, 0.3) is 0 Å². The van der Waals surface area contributed by atoms with Crippen LogP contribution in [0.5, 0.6) is 0 Å². The number of aryl methyl sites for hydroxylation is 1. The van der Waals surface area contributed by atoms with Gasteiger partial charge in [0.1, 0.15) is 6.04 Å². The normalized spacial score (nSPS) is 11.5. The first kappa shape index (κ1) is 15.7. The van der Waals surface area contributed by atoms with E-state index in [2.05, 4.69) is 10.1 Å². The number of ether oxygens (including phenoxy) is 1. The molecule has 0 bridgehead atoms. The molecule has 0 heterocycles. The second-order valence-electron chi connectivity index (χ2n) is 4.49. The van der Waals surface area contributed by atoms with Crippen LogP contribution in [0.1, 0.15) is 18.1 Å². The summed E-state index contributed by atoms with van der Waals surface area (Å²) in [4.78, 5) is 33.5. The minimum Gasteiger partial charge on any atom is -0.456 e. The minimum atomic E-state index is -0.833. The van der Waals surface area contributed by atoms with Gasteiger partial charge in [-0.25, -0.2) is 0 Å². The molecular formula is C14H18N2O4. The second-order valence-corrected chi connectivity index (χ2v) is 4.49. The first-order valence-corrected chi connectivity index (χ1v) is 6.16. The third kappa shape index (κ3) is 5.51. The number of carbonyl (C=O) groups is 3. The molecule has 1 rings (SSSR count). The van der Waals surface area contributed by atoms with Crippen molar-refractivity contribution in [2.75, 3.05) is 6.61 Å². The summed E-state index contributed by atoms with van der Waals surface area (Å²) in [6.07, 6.45) is 0.293. The summed E-state index contributed by atoms with van der Waals surface area (Å²) < 4.78 is 4.55. The van der Waals surface area contributed by atoms with Gasteiger partial charge < -0.3 is 15.8 Å². The zero-order valence-electron chi connectivity index (χ0n) is 11.5. The van der Waals surface area contributed by atoms with Gasteiger partial charge in [0.25, 0.3) is 5.91 Å². The van der Waals surface area contributed by atoms with Gasteiger partial charge in [-0.15, -0.1) is 0 Å². The van der Waals surface area contributed by atoms with Gasteiger partial charge in [-0.3, -0.25) is 14.4 Å². The summed E-state index contributed by atoms with van der Waals surface area (Å²) in [6.45, 7) is 2.73. The van der Waals surface area contributed by atoms with Gasteiger partial charge in [-0.1, -0.05) is 29.8 Å². The maximum atomic E-state index is 11.5. The molecule has 0 unspecified atom stereocenters. The molecule has 0 aromatic heterocycles. The molecule has 108 valence electrons. The summed E-state index contributed by atoms with van der Waals surface area (Å²) >= 11 is 0. The van der Waals surface area contributed by atoms with Crippen LogP contribution in [0.15, 0.2) is 24.3 Å². The van der Waals surface area contributed by atoms with E-state index in [0.29, 0.717) is 6.42 Å². The van der Waals surface area contributed by atoms with Gasteiger partial charge in [-0.05, 0) is 12.5 Å². The average molecular weight is 278 g/mol. The number of primary amides is 1. The van der Waals surface area contributed by atoms with E-state index in [9.17, 15) is 14.4 Å². The maximum absolute atomic E-state index is 11.5. The highest BCUT2D eigenvalue weighted by Gasteiger charge is 2.19. The number of carbonyl (C=O) groups excluding carboxylic acids is 3. The van der Waals surface area contributed by atoms with Crippen LogP contribution in [0.2, 0.25) is 0 Å². The van der Waals surface area contributed by atoms with E-state index in [1.165, 1.54) is 6.92 Å². The van der Waals surface area contributed by atoms with Gasteiger partial charge in [0.15, 0.2) is 6.61 Å². The molecular weight excluding hydrogens is 260 g/mol. The van der Waals surface area contributed by atoms with E-state index in [-0.39, 0.29) is 0 Å². The number of nitrogens with two attached hydrogens (primary N) is 1. The number of esters is 1. The predicted octanol–water partition coefficient (Wildman–Crippen LogP) is 0.0707. The van der Waals surface area contributed by atoms with E-state index in [1.807, 2.05) is 31.2 Å². The zero-order chi connectivity index (χ0) is 15.1. The van der Waals surface area contributed by atoms with Crippen LogP contribution in [-0.2, 0) is 25.5 Å². The lowest BCUT2D eigenvalue weighted by Crippen LogP contribution is -2.47. The Bertz CT molecular complexity index is 496. The summed E-state index contributed by atoms with van der Waals surface area (Å²) in [7, 11) is 0. The van der Waals surface area contributed by atoms with Crippen molar-refractivity contribution in [3.05, 3.63) is 35.4 Å². The smallest absolute Gasteiger partial charge is 0.303 e. The molecule has 6 heteroatoms. The Kier molecular flexibility index (Phi) is 5.71. The molecule has 0 aliphatic rings. The molecule has 1 atom stereocenters. The van der Waals surface area contributed by atoms with Crippen molar-refractivity contribution in [2.24, 2.45) is 5.73 Å². The molecule has 0 spiro atoms. The highest BCUT2D eigenvalue weighted by atomic mass is 16.5. The van der Waals surface area contributed by atoms with Crippen LogP contribution in [0, 0.1) is 6.92 Å². The predicted molar refractivity (Wildman–Crippen MR) is 72.6 cm³/mol. The second kappa shape index (κ2) is 7.28. The highest BCUT2D eigenvalue weighted by Crippen LogP contribution is 2.06. The highest BCUT2D eigenvalue weighted by molar-refractivity contribution is 5.88. The lowest BCUT2D eigenvalue weighted by atomic mass is 10.0. The molecule has 0 aliphatic heterocycles. The van der Waals surface area contributed by atoms with Crippen LogP contribution >= 0.6 is 0 Å². The fourth-order valence-corrected chi connectivity index (χ4v) is 1.59. The molecule has 0 saturated carbocycles. The zero-order valence-corrected chi connectivity index (χ0v) is 11.5. The number of hydrogen-bond acceptors (Lipinski definition) is 4. The third-order valence-electron chi connectivity index (χ3n) is 2.65. The Hall–Kier alpha value is -2.37. The van der Waals surface area contributed by atoms with Crippen molar-refractivity contribution in [1.29, 1.82) is 0 Å². The Morgan fingerprint density at radius 2 is 1.85 bits per heavy atom. The van der Waals surface area contributed by atoms with Gasteiger partial charge in [0.2, 0.25) is 5.91 Å². The Labute approximate surface area is 117 Å². The van der Waals surface area contributed by atoms with Crippen LogP contribution in [-0.4, -0.2) is 30.4 Å². The van der Waals surface area contributed by atoms with Crippen molar-refractivity contribution >= 4 is 17.8 Å². The third-order valence-corrected chi connectivity index (χ3v) is 2.65. The van der Waals surface area contributed by atoms with Crippen molar-refractivity contribution in [3.63, 3.8) is 0 Å². The number of benzene rings is 1. The molecule has 0 fully saturated rings. The van der Waals surface area contributed by atoms with E-state index < -0.39 is 30.4 Å². The van der Waals surface area contributed by atoms with E-state index in [0.717, 1.165) is 11.1 Å². The number of rotatable bonds is 6. The lowest BCUT2D eigenvalue weighted by molar-refractivity contribution is -0.146. The molecule has 2 amide bonds. The number of hydrogen-bond donors (Lipinski definition) is 2. The first-order valence-electron chi connectivity index (χ1n) is 6.16. The molecule has 20 heavy (non-hydrogen) atoms. The molecule has 1 aromatic carbocycles. The van der Waals surface area contributed by atoms with Gasteiger partial charge in [0, 0.05) is 13.3 Å². The van der Waals surface area contributed by atoms with Crippen molar-refractivity contribution < 1.29 is 19.1 Å². The molecule has 1 aromatic rings. The maximum Gasteiger partial charge on any atom is 0.303 e. The Balaban J connectivity index is 2.60. The summed E-state index contributed by atoms with van der Waals surface area (Å²) in [5, 5.41) is 2.44. The summed E-state index contributed by atoms with van der Waals surface area (Å²) in [6, 6.07) is 6.72. The number of nitrogens with one attached hydrogen (secondary N) is 1. The average Bonchev–Trinajstić information content (AvgIpc) is 2.38. The molecule has 0 radical (unpaired) electrons. The standard InChI is InChI=1S/C14H18N2O4/c1-9-3-5-11(6-4-9)7-12(14(15)19)16-13(18)8-20-10(2)17/h3-6,12H,7-8H2,1-2H3,(H2,15,19)(H,16,18)/t12-/m1/s1. The minimum absolute atomic E-state index is 0.293. The molecule has 3 N–H and O–H groups in total. The van der Waals surface area contributed by atoms with E-state index in [1.54, 1.807) is 0 Å². The van der Waals surface area contributed by atoms with Gasteiger partial charge in [-0.2, -0.15) is 0 Å². The fourth-order valence-electron chi connectivity index (χ4n) is 1.59. The van der Waals surface area contributed by atoms with Crippen molar-refractivity contribution in [2.45, 2.75) is 26.3 Å².